The van der Waals surface area contributed by atoms with Crippen molar-refractivity contribution in [1.29, 1.82) is 0 Å². The SMILES string of the molecule is COc1c(C(C)(C)C)cc(C2CCCC3C2CCC3[Si](C)(C)[Si](C)(C)C2CCC(C[Si](C)(C)C)C2)cc1C(C)(C)C. The summed E-state index contributed by atoms with van der Waals surface area (Å²) < 4.78 is 6.15. The summed E-state index contributed by atoms with van der Waals surface area (Å²) in [7, 11) is -1.74. The quantitative estimate of drug-likeness (QED) is 0.278. The average Bonchev–Trinajstić information content (AvgIpc) is 3.48. The number of ether oxygens (including phenoxy) is 1. The molecule has 0 aliphatic heterocycles. The van der Waals surface area contributed by atoms with Crippen LogP contribution in [0.25, 0.3) is 0 Å². The fourth-order valence-corrected chi connectivity index (χ4v) is 26.3. The Balaban J connectivity index is 1.63. The van der Waals surface area contributed by atoms with E-state index in [1.165, 1.54) is 43.2 Å². The van der Waals surface area contributed by atoms with Gasteiger partial charge in [0.2, 0.25) is 0 Å². The summed E-state index contributed by atoms with van der Waals surface area (Å²) in [6, 6.07) is 6.75. The molecule has 0 aromatic heterocycles. The molecule has 3 saturated carbocycles. The first-order valence-electron chi connectivity index (χ1n) is 17.4. The largest absolute Gasteiger partial charge is 0.496 e. The summed E-state index contributed by atoms with van der Waals surface area (Å²) in [4.78, 5) is 0. The predicted octanol–water partition coefficient (Wildman–Crippen LogP) is 12.0. The van der Waals surface area contributed by atoms with E-state index in [2.05, 4.69) is 99.5 Å². The van der Waals surface area contributed by atoms with Crippen LogP contribution in [0.5, 0.6) is 5.75 Å². The van der Waals surface area contributed by atoms with E-state index in [0.29, 0.717) is 0 Å². The minimum absolute atomic E-state index is 0.0762. The Labute approximate surface area is 259 Å². The second-order valence-corrected chi connectivity index (χ2v) is 41.0. The van der Waals surface area contributed by atoms with Crippen molar-refractivity contribution in [2.75, 3.05) is 7.11 Å². The van der Waals surface area contributed by atoms with E-state index in [9.17, 15) is 0 Å². The molecule has 0 bridgehead atoms. The van der Waals surface area contributed by atoms with Crippen molar-refractivity contribution in [2.45, 2.75) is 173 Å². The highest BCUT2D eigenvalue weighted by Gasteiger charge is 2.57. The maximum Gasteiger partial charge on any atom is 0.126 e. The van der Waals surface area contributed by atoms with Gasteiger partial charge >= 0.3 is 0 Å². The van der Waals surface area contributed by atoms with Gasteiger partial charge in [0.25, 0.3) is 0 Å². The molecule has 3 aliphatic rings. The normalized spacial score (nSPS) is 30.0. The Morgan fingerprint density at radius 3 is 1.80 bits per heavy atom. The smallest absolute Gasteiger partial charge is 0.126 e. The molecule has 0 radical (unpaired) electrons. The van der Waals surface area contributed by atoms with Crippen molar-refractivity contribution < 1.29 is 4.74 Å². The molecule has 0 spiro atoms. The first-order chi connectivity index (χ1) is 18.7. The predicted molar refractivity (Wildman–Crippen MR) is 191 cm³/mol. The third-order valence-electron chi connectivity index (χ3n) is 12.9. The van der Waals surface area contributed by atoms with Crippen molar-refractivity contribution in [3.63, 3.8) is 0 Å². The number of benzene rings is 1. The van der Waals surface area contributed by atoms with Crippen LogP contribution in [0.2, 0.25) is 63.0 Å². The lowest BCUT2D eigenvalue weighted by molar-refractivity contribution is 0.236. The maximum atomic E-state index is 6.15. The lowest BCUT2D eigenvalue weighted by atomic mass is 9.68. The van der Waals surface area contributed by atoms with Crippen LogP contribution in [-0.2, 0) is 10.8 Å². The minimum Gasteiger partial charge on any atom is -0.496 e. The van der Waals surface area contributed by atoms with Gasteiger partial charge in [0.05, 0.1) is 7.11 Å². The van der Waals surface area contributed by atoms with Gasteiger partial charge in [-0.3, -0.25) is 0 Å². The highest BCUT2D eigenvalue weighted by atomic mass is 29.3. The summed E-state index contributed by atoms with van der Waals surface area (Å²) in [5, 5.41) is 0. The Kier molecular flexibility index (Phi) is 9.45. The fourth-order valence-electron chi connectivity index (χ4n) is 10.1. The maximum absolute atomic E-state index is 6.15. The first-order valence-corrected chi connectivity index (χ1v) is 28.3. The van der Waals surface area contributed by atoms with Gasteiger partial charge in [0.15, 0.2) is 0 Å². The molecule has 3 aliphatic carbocycles. The number of rotatable bonds is 7. The van der Waals surface area contributed by atoms with Crippen LogP contribution in [-0.4, -0.2) is 30.4 Å². The lowest BCUT2D eigenvalue weighted by Gasteiger charge is -2.50. The van der Waals surface area contributed by atoms with Crippen LogP contribution in [0.4, 0.5) is 0 Å². The molecule has 3 fully saturated rings. The fraction of sp³-hybridized carbons (Fsp3) is 0.838. The molecule has 6 atom stereocenters. The second-order valence-electron chi connectivity index (χ2n) is 19.3. The molecule has 4 heteroatoms. The molecule has 0 amide bonds. The zero-order valence-corrected chi connectivity index (χ0v) is 32.9. The average molecular weight is 613 g/mol. The van der Waals surface area contributed by atoms with E-state index in [4.69, 9.17) is 4.74 Å². The Hall–Kier alpha value is -0.329. The van der Waals surface area contributed by atoms with Gasteiger partial charge in [-0.1, -0.05) is 144 Å². The van der Waals surface area contributed by atoms with Gasteiger partial charge < -0.3 is 4.74 Å². The summed E-state index contributed by atoms with van der Waals surface area (Å²) in [5.74, 6) is 4.77. The molecule has 1 aromatic carbocycles. The highest BCUT2D eigenvalue weighted by Crippen LogP contribution is 2.61. The third-order valence-corrected chi connectivity index (χ3v) is 35.4. The minimum atomic E-state index is -1.36. The molecule has 4 rings (SSSR count). The number of hydrogen-bond donors (Lipinski definition) is 0. The number of hydrogen-bond acceptors (Lipinski definition) is 1. The van der Waals surface area contributed by atoms with Crippen molar-refractivity contribution in [3.05, 3.63) is 28.8 Å². The zero-order valence-electron chi connectivity index (χ0n) is 29.9. The summed E-state index contributed by atoms with van der Waals surface area (Å²) in [5.41, 5.74) is 6.76. The molecule has 1 nitrogen and oxygen atoms in total. The van der Waals surface area contributed by atoms with Gasteiger partial charge in [-0.05, 0) is 64.0 Å². The zero-order chi connectivity index (χ0) is 30.8. The molecular weight excluding hydrogens is 545 g/mol. The van der Waals surface area contributed by atoms with Gasteiger partial charge in [-0.15, -0.1) is 0 Å². The van der Waals surface area contributed by atoms with Crippen molar-refractivity contribution in [3.8, 4) is 5.75 Å². The molecule has 0 heterocycles. The lowest BCUT2D eigenvalue weighted by Crippen LogP contribution is -2.61. The van der Waals surface area contributed by atoms with Crippen LogP contribution in [0.1, 0.15) is 116 Å². The summed E-state index contributed by atoms with van der Waals surface area (Å²) >= 11 is 0. The van der Waals surface area contributed by atoms with Crippen molar-refractivity contribution in [1.82, 2.24) is 0 Å². The molecule has 0 saturated heterocycles. The van der Waals surface area contributed by atoms with Gasteiger partial charge in [0.1, 0.15) is 5.75 Å². The second kappa shape index (κ2) is 11.5. The van der Waals surface area contributed by atoms with Crippen LogP contribution in [0.3, 0.4) is 0 Å². The number of methoxy groups -OCH3 is 1. The Bertz CT molecular complexity index is 1030. The molecule has 234 valence electrons. The van der Waals surface area contributed by atoms with E-state index >= 15 is 0 Å². The summed E-state index contributed by atoms with van der Waals surface area (Å²) in [6.07, 6.45) is 12.0. The van der Waals surface area contributed by atoms with Crippen LogP contribution in [0.15, 0.2) is 12.1 Å². The molecule has 41 heavy (non-hydrogen) atoms. The highest BCUT2D eigenvalue weighted by molar-refractivity contribution is 7.41. The molecule has 6 unspecified atom stereocenters. The van der Waals surface area contributed by atoms with Gasteiger partial charge in [-0.2, -0.15) is 0 Å². The summed E-state index contributed by atoms with van der Waals surface area (Å²) in [6.45, 7) is 33.5. The Morgan fingerprint density at radius 2 is 1.29 bits per heavy atom. The van der Waals surface area contributed by atoms with E-state index < -0.39 is 23.3 Å². The third kappa shape index (κ3) is 6.70. The topological polar surface area (TPSA) is 9.23 Å². The standard InChI is InChI=1S/C37H68OSi3/c1-36(2,3)32-23-27(24-33(35(32)38-7)37(4,5)6)29-16-15-17-31-30(29)20-21-34(31)41(13,14)40(11,12)28-19-18-26(22-28)25-39(8,9)10/h23-24,26,28-31,34H,15-22,25H2,1-14H3. The molecule has 0 N–H and O–H groups in total. The molecular formula is C37H68OSi3. The van der Waals surface area contributed by atoms with Crippen LogP contribution < -0.4 is 4.74 Å². The van der Waals surface area contributed by atoms with Crippen LogP contribution in [0, 0.1) is 17.8 Å². The van der Waals surface area contributed by atoms with Gasteiger partial charge in [-0.25, -0.2) is 0 Å². The van der Waals surface area contributed by atoms with Gasteiger partial charge in [0, 0.05) is 34.4 Å². The molecule has 1 aromatic rings. The van der Waals surface area contributed by atoms with Crippen molar-refractivity contribution in [2.24, 2.45) is 17.8 Å². The van der Waals surface area contributed by atoms with Crippen LogP contribution >= 0.6 is 0 Å². The monoisotopic (exact) mass is 612 g/mol. The van der Waals surface area contributed by atoms with E-state index in [1.54, 1.807) is 30.9 Å². The van der Waals surface area contributed by atoms with E-state index in [-0.39, 0.29) is 10.8 Å². The van der Waals surface area contributed by atoms with Crippen molar-refractivity contribution >= 4 is 23.3 Å². The van der Waals surface area contributed by atoms with E-state index in [1.807, 2.05) is 7.11 Å². The van der Waals surface area contributed by atoms with E-state index in [0.717, 1.165) is 40.5 Å². The Morgan fingerprint density at radius 1 is 0.707 bits per heavy atom. The number of fused-ring (bicyclic) bond motifs is 1. The first kappa shape index (κ1) is 33.6.